The zero-order valence-corrected chi connectivity index (χ0v) is 12.3. The Kier molecular flexibility index (Phi) is 3.95. The monoisotopic (exact) mass is 292 g/mol. The van der Waals surface area contributed by atoms with Crippen LogP contribution in [0.1, 0.15) is 0 Å². The molecule has 0 fully saturated rings. The predicted molar refractivity (Wildman–Crippen MR) is 86.5 cm³/mol. The fourth-order valence-electron chi connectivity index (χ4n) is 2.28. The fraction of sp³-hybridized carbons (Fsp3) is 0.111. The number of methoxy groups -OCH3 is 1. The molecule has 3 rings (SSSR count). The third-order valence-corrected chi connectivity index (χ3v) is 3.41. The van der Waals surface area contributed by atoms with E-state index in [9.17, 15) is 4.79 Å². The van der Waals surface area contributed by atoms with Crippen LogP contribution in [0.3, 0.4) is 0 Å². The lowest BCUT2D eigenvalue weighted by Gasteiger charge is -2.05. The van der Waals surface area contributed by atoms with Crippen molar-refractivity contribution in [1.29, 1.82) is 0 Å². The number of allylic oxidation sites excluding steroid dienone is 5. The van der Waals surface area contributed by atoms with E-state index in [1.54, 1.807) is 28.6 Å². The number of aromatic nitrogens is 2. The molecule has 4 heteroatoms. The highest BCUT2D eigenvalue weighted by Gasteiger charge is 2.07. The molecule has 22 heavy (non-hydrogen) atoms. The van der Waals surface area contributed by atoms with Gasteiger partial charge in [0.25, 0.3) is 0 Å². The van der Waals surface area contributed by atoms with E-state index >= 15 is 0 Å². The highest BCUT2D eigenvalue weighted by Crippen LogP contribution is 2.15. The topological polar surface area (TPSA) is 36.2 Å². The Morgan fingerprint density at radius 3 is 3.00 bits per heavy atom. The van der Waals surface area contributed by atoms with Crippen molar-refractivity contribution < 1.29 is 4.74 Å². The predicted octanol–water partition coefficient (Wildman–Crippen LogP) is 2.86. The molecule has 110 valence electrons. The van der Waals surface area contributed by atoms with Gasteiger partial charge < -0.3 is 4.74 Å². The number of hydrogen-bond acceptors (Lipinski definition) is 2. The van der Waals surface area contributed by atoms with Gasteiger partial charge in [0, 0.05) is 18.5 Å². The molecule has 1 heterocycles. The first-order valence-electron chi connectivity index (χ1n) is 6.98. The zero-order chi connectivity index (χ0) is 15.4. The van der Waals surface area contributed by atoms with Crippen molar-refractivity contribution in [1.82, 2.24) is 9.13 Å². The van der Waals surface area contributed by atoms with Crippen LogP contribution in [0.15, 0.2) is 83.1 Å². The Balaban J connectivity index is 1.92. The van der Waals surface area contributed by atoms with Gasteiger partial charge in [0.1, 0.15) is 5.75 Å². The molecule has 1 aromatic carbocycles. The largest absolute Gasteiger partial charge is 0.497 e. The third-order valence-electron chi connectivity index (χ3n) is 3.41. The van der Waals surface area contributed by atoms with E-state index in [1.807, 2.05) is 54.6 Å². The summed E-state index contributed by atoms with van der Waals surface area (Å²) in [6, 6.07) is 7.43. The van der Waals surface area contributed by atoms with Gasteiger partial charge >= 0.3 is 5.69 Å². The van der Waals surface area contributed by atoms with Crippen LogP contribution >= 0.6 is 0 Å². The molecule has 0 aliphatic heterocycles. The normalized spacial score (nSPS) is 13.0. The summed E-state index contributed by atoms with van der Waals surface area (Å²) in [6.07, 6.45) is 13.1. The second-order valence-electron chi connectivity index (χ2n) is 4.88. The smallest absolute Gasteiger partial charge is 0.333 e. The lowest BCUT2D eigenvalue weighted by molar-refractivity contribution is 0.414. The molecule has 0 amide bonds. The Morgan fingerprint density at radius 2 is 2.14 bits per heavy atom. The van der Waals surface area contributed by atoms with Gasteiger partial charge in [-0.1, -0.05) is 24.3 Å². The van der Waals surface area contributed by atoms with Gasteiger partial charge in [-0.15, -0.1) is 5.73 Å². The maximum Gasteiger partial charge on any atom is 0.333 e. The van der Waals surface area contributed by atoms with Crippen LogP contribution < -0.4 is 10.4 Å². The number of imidazole rings is 1. The van der Waals surface area contributed by atoms with Crippen LogP contribution in [0, 0.1) is 0 Å². The maximum atomic E-state index is 12.5. The van der Waals surface area contributed by atoms with E-state index in [0.29, 0.717) is 6.54 Å². The van der Waals surface area contributed by atoms with E-state index in [1.165, 1.54) is 0 Å². The van der Waals surface area contributed by atoms with Gasteiger partial charge in [-0.25, -0.2) is 4.79 Å². The quantitative estimate of drug-likeness (QED) is 0.812. The number of nitrogens with zero attached hydrogens (tertiary/aromatic N) is 2. The van der Waals surface area contributed by atoms with Gasteiger partial charge in [-0.3, -0.25) is 9.13 Å². The van der Waals surface area contributed by atoms with Crippen molar-refractivity contribution in [3.05, 3.63) is 88.8 Å². The maximum absolute atomic E-state index is 12.5. The molecule has 1 aromatic heterocycles. The first-order valence-corrected chi connectivity index (χ1v) is 6.98. The molecule has 0 bridgehead atoms. The molecule has 0 saturated heterocycles. The Labute approximate surface area is 128 Å². The summed E-state index contributed by atoms with van der Waals surface area (Å²) in [5.41, 5.74) is 4.77. The van der Waals surface area contributed by atoms with Gasteiger partial charge in [-0.05, 0) is 29.9 Å². The van der Waals surface area contributed by atoms with Crippen molar-refractivity contribution in [3.8, 4) is 11.4 Å². The molecular formula is C18H16N2O2. The van der Waals surface area contributed by atoms with Crippen LogP contribution in [0.5, 0.6) is 5.75 Å². The summed E-state index contributed by atoms with van der Waals surface area (Å²) in [4.78, 5) is 12.5. The van der Waals surface area contributed by atoms with E-state index in [2.05, 4.69) is 5.73 Å². The molecule has 0 saturated carbocycles. The van der Waals surface area contributed by atoms with Gasteiger partial charge in [0.05, 0.1) is 19.3 Å². The van der Waals surface area contributed by atoms with E-state index in [0.717, 1.165) is 17.0 Å². The standard InChI is InChI=1S/C18H16N2O2/c1-22-17-10-6-9-16(13-17)20-12-11-19(18(20)21)14-15-7-4-2-3-5-8-15/h2-4,6-13H,14H2,1H3. The molecule has 2 aromatic rings. The molecule has 0 spiro atoms. The Hall–Kier alpha value is -2.97. The van der Waals surface area contributed by atoms with Crippen LogP contribution in [-0.4, -0.2) is 16.2 Å². The van der Waals surface area contributed by atoms with Crippen molar-refractivity contribution in [2.24, 2.45) is 0 Å². The van der Waals surface area contributed by atoms with Gasteiger partial charge in [0.2, 0.25) is 0 Å². The minimum Gasteiger partial charge on any atom is -0.497 e. The van der Waals surface area contributed by atoms with Gasteiger partial charge in [-0.2, -0.15) is 0 Å². The van der Waals surface area contributed by atoms with Crippen LogP contribution in [0.25, 0.3) is 5.69 Å². The molecule has 4 nitrogen and oxygen atoms in total. The van der Waals surface area contributed by atoms with Crippen molar-refractivity contribution in [2.45, 2.75) is 6.54 Å². The minimum absolute atomic E-state index is 0.0836. The molecule has 1 aliphatic carbocycles. The van der Waals surface area contributed by atoms with Crippen LogP contribution in [0.4, 0.5) is 0 Å². The number of rotatable bonds is 4. The summed E-state index contributed by atoms with van der Waals surface area (Å²) in [5.74, 6) is 0.724. The molecule has 1 aliphatic rings. The first-order chi connectivity index (χ1) is 10.8. The third kappa shape index (κ3) is 2.87. The molecule has 0 atom stereocenters. The summed E-state index contributed by atoms with van der Waals surface area (Å²) in [7, 11) is 1.61. The SMILES string of the molecule is COc1cccc(-n2ccn(CC3=CC=CC=C=C3)c2=O)c1. The average Bonchev–Trinajstić information content (AvgIpc) is 2.76. The second-order valence-corrected chi connectivity index (χ2v) is 4.88. The minimum atomic E-state index is -0.0836. The molecule has 0 radical (unpaired) electrons. The average molecular weight is 292 g/mol. The lowest BCUT2D eigenvalue weighted by atomic mass is 10.2. The van der Waals surface area contributed by atoms with E-state index in [-0.39, 0.29) is 5.69 Å². The number of benzene rings is 1. The van der Waals surface area contributed by atoms with Crippen molar-refractivity contribution in [3.63, 3.8) is 0 Å². The van der Waals surface area contributed by atoms with Gasteiger partial charge in [0.15, 0.2) is 0 Å². The number of hydrogen-bond donors (Lipinski definition) is 0. The van der Waals surface area contributed by atoms with Crippen molar-refractivity contribution in [2.75, 3.05) is 7.11 Å². The van der Waals surface area contributed by atoms with Crippen molar-refractivity contribution >= 4 is 0 Å². The highest BCUT2D eigenvalue weighted by molar-refractivity contribution is 5.39. The van der Waals surface area contributed by atoms with E-state index in [4.69, 9.17) is 4.74 Å². The summed E-state index contributed by atoms with van der Waals surface area (Å²) < 4.78 is 8.48. The molecular weight excluding hydrogens is 276 g/mol. The Morgan fingerprint density at radius 1 is 1.23 bits per heavy atom. The molecule has 0 unspecified atom stereocenters. The van der Waals surface area contributed by atoms with Crippen LogP contribution in [0.2, 0.25) is 0 Å². The van der Waals surface area contributed by atoms with Crippen LogP contribution in [-0.2, 0) is 6.54 Å². The Bertz CT molecular complexity index is 859. The second kappa shape index (κ2) is 6.20. The summed E-state index contributed by atoms with van der Waals surface area (Å²) in [5, 5.41) is 0. The first kappa shape index (κ1) is 14.0. The number of ether oxygens (including phenoxy) is 1. The zero-order valence-electron chi connectivity index (χ0n) is 12.3. The fourth-order valence-corrected chi connectivity index (χ4v) is 2.28. The van der Waals surface area contributed by atoms with E-state index < -0.39 is 0 Å². The lowest BCUT2D eigenvalue weighted by Crippen LogP contribution is -2.23. The highest BCUT2D eigenvalue weighted by atomic mass is 16.5. The summed E-state index contributed by atoms with van der Waals surface area (Å²) >= 11 is 0. The summed E-state index contributed by atoms with van der Waals surface area (Å²) in [6.45, 7) is 0.515. The molecule has 0 N–H and O–H groups in total.